The third kappa shape index (κ3) is 4.01. The van der Waals surface area contributed by atoms with Crippen molar-refractivity contribution in [1.29, 1.82) is 0 Å². The summed E-state index contributed by atoms with van der Waals surface area (Å²) in [7, 11) is -2.28. The number of para-hydroxylation sites is 1. The van der Waals surface area contributed by atoms with Crippen molar-refractivity contribution < 1.29 is 17.9 Å². The number of aromatic nitrogens is 1. The molecule has 0 bridgehead atoms. The van der Waals surface area contributed by atoms with E-state index in [0.29, 0.717) is 16.7 Å². The van der Waals surface area contributed by atoms with Gasteiger partial charge in [-0.2, -0.15) is 0 Å². The molecule has 1 amide bonds. The van der Waals surface area contributed by atoms with Crippen molar-refractivity contribution in [2.24, 2.45) is 0 Å². The van der Waals surface area contributed by atoms with Gasteiger partial charge in [-0.3, -0.25) is 9.59 Å². The number of H-pyrrole nitrogens is 1. The van der Waals surface area contributed by atoms with Crippen molar-refractivity contribution in [2.45, 2.75) is 23.8 Å². The summed E-state index contributed by atoms with van der Waals surface area (Å²) in [6.07, 6.45) is 1.63. The van der Waals surface area contributed by atoms with Gasteiger partial charge in [0.05, 0.1) is 23.3 Å². The number of pyridine rings is 1. The number of benzene rings is 2. The van der Waals surface area contributed by atoms with E-state index in [9.17, 15) is 18.0 Å². The lowest BCUT2D eigenvalue weighted by Crippen LogP contribution is -2.26. The number of hydrogen-bond donors (Lipinski definition) is 3. The fourth-order valence-corrected chi connectivity index (χ4v) is 4.35. The number of sulfonamides is 1. The molecule has 8 nitrogen and oxygen atoms in total. The Morgan fingerprint density at radius 1 is 1.14 bits per heavy atom. The number of hydrogen-bond acceptors (Lipinski definition) is 5. The van der Waals surface area contributed by atoms with Gasteiger partial charge in [0, 0.05) is 23.0 Å². The maximum absolute atomic E-state index is 12.9. The minimum Gasteiger partial charge on any atom is -0.495 e. The molecule has 0 spiro atoms. The van der Waals surface area contributed by atoms with E-state index in [1.165, 1.54) is 31.4 Å². The average molecular weight is 413 g/mol. The lowest BCUT2D eigenvalue weighted by molar-refractivity contribution is 0.102. The summed E-state index contributed by atoms with van der Waals surface area (Å²) in [5.74, 6) is -0.242. The number of carbonyl (C=O) groups is 1. The highest BCUT2D eigenvalue weighted by Gasteiger charge is 2.28. The van der Waals surface area contributed by atoms with Crippen LogP contribution in [0.25, 0.3) is 10.9 Å². The quantitative estimate of drug-likeness (QED) is 0.573. The second kappa shape index (κ2) is 7.34. The molecule has 0 unspecified atom stereocenters. The third-order valence-corrected chi connectivity index (χ3v) is 6.14. The van der Waals surface area contributed by atoms with Crippen LogP contribution in [0.4, 0.5) is 5.69 Å². The second-order valence-corrected chi connectivity index (χ2v) is 8.52. The molecule has 1 saturated carbocycles. The highest BCUT2D eigenvalue weighted by molar-refractivity contribution is 7.89. The molecule has 9 heteroatoms. The number of ether oxygens (including phenoxy) is 1. The molecule has 0 saturated heterocycles. The van der Waals surface area contributed by atoms with Crippen LogP contribution in [0.3, 0.4) is 0 Å². The molecule has 1 aliphatic rings. The van der Waals surface area contributed by atoms with Crippen LogP contribution >= 0.6 is 0 Å². The zero-order chi connectivity index (χ0) is 20.6. The Kier molecular flexibility index (Phi) is 4.85. The Balaban J connectivity index is 1.71. The van der Waals surface area contributed by atoms with Crippen LogP contribution in [0.15, 0.2) is 58.2 Å². The first-order valence-electron chi connectivity index (χ1n) is 9.01. The summed E-state index contributed by atoms with van der Waals surface area (Å²) in [6, 6.07) is 12.3. The standard InChI is InChI=1S/C20H19N3O5S/c1-28-18-9-8-13(29(26,27)23-12-6-7-12)10-17(18)22-20(25)15-11-19(24)21-16-5-3-2-4-14(15)16/h2-5,8-12,23H,6-7H2,1H3,(H,21,24)(H,22,25). The maximum atomic E-state index is 12.9. The van der Waals surface area contributed by atoms with Crippen molar-refractivity contribution in [3.05, 3.63) is 64.4 Å². The van der Waals surface area contributed by atoms with E-state index < -0.39 is 21.5 Å². The van der Waals surface area contributed by atoms with E-state index in [0.717, 1.165) is 12.8 Å². The predicted molar refractivity (Wildman–Crippen MR) is 109 cm³/mol. The van der Waals surface area contributed by atoms with Crippen molar-refractivity contribution in [2.75, 3.05) is 12.4 Å². The predicted octanol–water partition coefficient (Wildman–Crippen LogP) is 2.23. The molecule has 150 valence electrons. The first kappa shape index (κ1) is 19.2. The average Bonchev–Trinajstić information content (AvgIpc) is 3.50. The summed E-state index contributed by atoms with van der Waals surface area (Å²) >= 11 is 0. The van der Waals surface area contributed by atoms with Gasteiger partial charge in [-0.1, -0.05) is 18.2 Å². The monoisotopic (exact) mass is 413 g/mol. The smallest absolute Gasteiger partial charge is 0.256 e. The largest absolute Gasteiger partial charge is 0.495 e. The molecular weight excluding hydrogens is 394 g/mol. The van der Waals surface area contributed by atoms with Crippen molar-refractivity contribution in [3.63, 3.8) is 0 Å². The molecule has 3 aromatic rings. The number of methoxy groups -OCH3 is 1. The first-order valence-corrected chi connectivity index (χ1v) is 10.5. The molecule has 4 rings (SSSR count). The minimum absolute atomic E-state index is 0.0243. The summed E-state index contributed by atoms with van der Waals surface area (Å²) < 4.78 is 32.9. The van der Waals surface area contributed by atoms with Crippen molar-refractivity contribution >= 4 is 32.5 Å². The molecule has 0 radical (unpaired) electrons. The van der Waals surface area contributed by atoms with Gasteiger partial charge in [-0.05, 0) is 37.1 Å². The Morgan fingerprint density at radius 2 is 1.90 bits per heavy atom. The molecule has 3 N–H and O–H groups in total. The van der Waals surface area contributed by atoms with Crippen LogP contribution in [0.2, 0.25) is 0 Å². The molecular formula is C20H19N3O5S. The van der Waals surface area contributed by atoms with Gasteiger partial charge >= 0.3 is 0 Å². The van der Waals surface area contributed by atoms with E-state index in [1.807, 2.05) is 0 Å². The van der Waals surface area contributed by atoms with Gasteiger partial charge in [0.2, 0.25) is 15.6 Å². The number of anilines is 1. The van der Waals surface area contributed by atoms with Gasteiger partial charge < -0.3 is 15.0 Å². The first-order chi connectivity index (χ1) is 13.9. The number of rotatable bonds is 6. The Hall–Kier alpha value is -3.17. The summed E-state index contributed by atoms with van der Waals surface area (Å²) in [5.41, 5.74) is 0.490. The zero-order valence-corrected chi connectivity index (χ0v) is 16.4. The number of amides is 1. The van der Waals surface area contributed by atoms with E-state index >= 15 is 0 Å². The SMILES string of the molecule is COc1ccc(S(=O)(=O)NC2CC2)cc1NC(=O)c1cc(=O)[nH]c2ccccc12. The molecule has 0 atom stereocenters. The zero-order valence-electron chi connectivity index (χ0n) is 15.6. The fourth-order valence-electron chi connectivity index (χ4n) is 3.02. The lowest BCUT2D eigenvalue weighted by atomic mass is 10.1. The van der Waals surface area contributed by atoms with Gasteiger partial charge in [-0.25, -0.2) is 13.1 Å². The van der Waals surface area contributed by atoms with Gasteiger partial charge in [-0.15, -0.1) is 0 Å². The number of fused-ring (bicyclic) bond motifs is 1. The van der Waals surface area contributed by atoms with Gasteiger partial charge in [0.25, 0.3) is 5.91 Å². The summed E-state index contributed by atoms with van der Waals surface area (Å²) in [6.45, 7) is 0. The minimum atomic E-state index is -3.70. The highest BCUT2D eigenvalue weighted by Crippen LogP contribution is 2.30. The van der Waals surface area contributed by atoms with Crippen molar-refractivity contribution in [1.82, 2.24) is 9.71 Å². The molecule has 1 aliphatic carbocycles. The highest BCUT2D eigenvalue weighted by atomic mass is 32.2. The van der Waals surface area contributed by atoms with Crippen LogP contribution in [0.5, 0.6) is 5.75 Å². The van der Waals surface area contributed by atoms with Gasteiger partial charge in [0.15, 0.2) is 0 Å². The van der Waals surface area contributed by atoms with Crippen LogP contribution in [0, 0.1) is 0 Å². The van der Waals surface area contributed by atoms with Crippen LogP contribution in [-0.2, 0) is 10.0 Å². The Bertz CT molecular complexity index is 1260. The summed E-state index contributed by atoms with van der Waals surface area (Å²) in [5, 5.41) is 3.24. The van der Waals surface area contributed by atoms with E-state index in [-0.39, 0.29) is 22.2 Å². The van der Waals surface area contributed by atoms with Crippen molar-refractivity contribution in [3.8, 4) is 5.75 Å². The molecule has 29 heavy (non-hydrogen) atoms. The number of carbonyl (C=O) groups excluding carboxylic acids is 1. The Labute approximate surface area is 167 Å². The molecule has 1 aromatic heterocycles. The molecule has 1 fully saturated rings. The molecule has 1 heterocycles. The topological polar surface area (TPSA) is 117 Å². The van der Waals surface area contributed by atoms with Crippen LogP contribution < -0.4 is 20.3 Å². The molecule has 2 aromatic carbocycles. The fraction of sp³-hybridized carbons (Fsp3) is 0.200. The van der Waals surface area contributed by atoms with E-state index in [2.05, 4.69) is 15.0 Å². The second-order valence-electron chi connectivity index (χ2n) is 6.80. The normalized spacial score (nSPS) is 14.0. The van der Waals surface area contributed by atoms with Crippen LogP contribution in [-0.4, -0.2) is 32.5 Å². The summed E-state index contributed by atoms with van der Waals surface area (Å²) in [4.78, 5) is 27.5. The van der Waals surface area contributed by atoms with Crippen LogP contribution in [0.1, 0.15) is 23.2 Å². The lowest BCUT2D eigenvalue weighted by Gasteiger charge is -2.13. The number of nitrogens with one attached hydrogen (secondary N) is 3. The Morgan fingerprint density at radius 3 is 2.62 bits per heavy atom. The van der Waals surface area contributed by atoms with E-state index in [1.54, 1.807) is 24.3 Å². The third-order valence-electron chi connectivity index (χ3n) is 4.62. The number of aromatic amines is 1. The van der Waals surface area contributed by atoms with E-state index in [4.69, 9.17) is 4.74 Å². The molecule has 0 aliphatic heterocycles. The van der Waals surface area contributed by atoms with Gasteiger partial charge in [0.1, 0.15) is 5.75 Å². The maximum Gasteiger partial charge on any atom is 0.256 e.